The maximum absolute atomic E-state index is 12.8. The third-order valence-corrected chi connectivity index (χ3v) is 5.61. The zero-order chi connectivity index (χ0) is 22.4. The number of guanidine groups is 1. The molecule has 1 aromatic rings. The average Bonchev–Trinajstić information content (AvgIpc) is 3.56. The zero-order valence-electron chi connectivity index (χ0n) is 19.6. The van der Waals surface area contributed by atoms with Crippen molar-refractivity contribution in [3.05, 3.63) is 23.9 Å². The number of hydrogen-bond acceptors (Lipinski definition) is 5. The van der Waals surface area contributed by atoms with Gasteiger partial charge in [-0.15, -0.1) is 0 Å². The minimum atomic E-state index is -0.473. The lowest BCUT2D eigenvalue weighted by atomic mass is 10.0. The summed E-state index contributed by atoms with van der Waals surface area (Å²) in [6, 6.07) is 5.94. The minimum absolute atomic E-state index is 0.176. The first kappa shape index (κ1) is 23.2. The number of rotatable bonds is 6. The van der Waals surface area contributed by atoms with Crippen LogP contribution >= 0.6 is 0 Å². The summed E-state index contributed by atoms with van der Waals surface area (Å²) < 4.78 is 10.9. The standard InChI is InChI=1S/C23H37N5O3/c1-23(2,3)31-22(29)28(16-17-9-10-17)19-11-13-27(14-12-19)21(24-4)25-15-18-7-6-8-20(26-18)30-5/h6-8,17,19H,9-16H2,1-5H3,(H,24,25). The summed E-state index contributed by atoms with van der Waals surface area (Å²) in [5.41, 5.74) is 0.426. The number of aliphatic imine (C=N–C) groups is 1. The normalized spacial score (nSPS) is 18.0. The van der Waals surface area contributed by atoms with Gasteiger partial charge in [-0.1, -0.05) is 6.07 Å². The van der Waals surface area contributed by atoms with E-state index in [0.717, 1.165) is 44.1 Å². The Kier molecular flexibility index (Phi) is 7.62. The topological polar surface area (TPSA) is 79.3 Å². The molecule has 2 aliphatic rings. The van der Waals surface area contributed by atoms with Gasteiger partial charge in [0, 0.05) is 38.8 Å². The molecule has 0 radical (unpaired) electrons. The Morgan fingerprint density at radius 2 is 1.97 bits per heavy atom. The number of pyridine rings is 1. The summed E-state index contributed by atoms with van der Waals surface area (Å²) in [6.07, 6.45) is 4.07. The van der Waals surface area contributed by atoms with Crippen LogP contribution in [0.3, 0.4) is 0 Å². The van der Waals surface area contributed by atoms with Gasteiger partial charge >= 0.3 is 6.09 Å². The summed E-state index contributed by atoms with van der Waals surface area (Å²) in [5, 5.41) is 3.40. The first-order valence-corrected chi connectivity index (χ1v) is 11.2. The summed E-state index contributed by atoms with van der Waals surface area (Å²) in [5.74, 6) is 2.09. The minimum Gasteiger partial charge on any atom is -0.481 e. The molecule has 3 rings (SSSR count). The monoisotopic (exact) mass is 431 g/mol. The number of nitrogens with one attached hydrogen (secondary N) is 1. The van der Waals surface area contributed by atoms with Crippen molar-refractivity contribution in [2.24, 2.45) is 10.9 Å². The van der Waals surface area contributed by atoms with Gasteiger partial charge in [-0.25, -0.2) is 9.78 Å². The van der Waals surface area contributed by atoms with Crippen molar-refractivity contribution in [1.29, 1.82) is 0 Å². The molecule has 0 bridgehead atoms. The zero-order valence-corrected chi connectivity index (χ0v) is 19.6. The van der Waals surface area contributed by atoms with Gasteiger partial charge in [-0.3, -0.25) is 4.99 Å². The van der Waals surface area contributed by atoms with Crippen LogP contribution in [-0.2, 0) is 11.3 Å². The van der Waals surface area contributed by atoms with E-state index in [2.05, 4.69) is 20.2 Å². The van der Waals surface area contributed by atoms with E-state index in [1.54, 1.807) is 14.2 Å². The van der Waals surface area contributed by atoms with Crippen LogP contribution in [-0.4, -0.2) is 72.3 Å². The fraction of sp³-hybridized carbons (Fsp3) is 0.696. The van der Waals surface area contributed by atoms with Crippen molar-refractivity contribution in [2.45, 2.75) is 64.6 Å². The van der Waals surface area contributed by atoms with Crippen molar-refractivity contribution < 1.29 is 14.3 Å². The van der Waals surface area contributed by atoms with Crippen LogP contribution in [0.4, 0.5) is 4.79 Å². The molecule has 2 heterocycles. The molecule has 1 N–H and O–H groups in total. The fourth-order valence-electron chi connectivity index (χ4n) is 3.83. The van der Waals surface area contributed by atoms with Gasteiger partial charge < -0.3 is 24.6 Å². The van der Waals surface area contributed by atoms with Gasteiger partial charge in [0.2, 0.25) is 5.88 Å². The molecular formula is C23H37N5O3. The highest BCUT2D eigenvalue weighted by molar-refractivity contribution is 5.80. The largest absolute Gasteiger partial charge is 0.481 e. The second kappa shape index (κ2) is 10.2. The van der Waals surface area contributed by atoms with Gasteiger partial charge in [-0.05, 0) is 58.4 Å². The summed E-state index contributed by atoms with van der Waals surface area (Å²) in [7, 11) is 3.42. The van der Waals surface area contributed by atoms with E-state index in [1.807, 2.05) is 43.9 Å². The molecular weight excluding hydrogens is 394 g/mol. The highest BCUT2D eigenvalue weighted by Crippen LogP contribution is 2.32. The Hall–Kier alpha value is -2.51. The molecule has 1 aromatic heterocycles. The molecule has 0 aromatic carbocycles. The summed E-state index contributed by atoms with van der Waals surface area (Å²) in [6.45, 7) is 8.87. The molecule has 0 spiro atoms. The summed E-state index contributed by atoms with van der Waals surface area (Å²) >= 11 is 0. The molecule has 1 aliphatic heterocycles. The van der Waals surface area contributed by atoms with E-state index in [-0.39, 0.29) is 12.1 Å². The maximum Gasteiger partial charge on any atom is 0.410 e. The number of carbonyl (C=O) groups is 1. The van der Waals surface area contributed by atoms with Gasteiger partial charge in [0.25, 0.3) is 0 Å². The van der Waals surface area contributed by atoms with Crippen molar-refractivity contribution in [3.63, 3.8) is 0 Å². The first-order valence-electron chi connectivity index (χ1n) is 11.2. The van der Waals surface area contributed by atoms with Gasteiger partial charge in [0.1, 0.15) is 5.60 Å². The Morgan fingerprint density at radius 1 is 1.26 bits per heavy atom. The lowest BCUT2D eigenvalue weighted by molar-refractivity contribution is 0.00928. The smallest absolute Gasteiger partial charge is 0.410 e. The van der Waals surface area contributed by atoms with Crippen molar-refractivity contribution in [2.75, 3.05) is 33.8 Å². The number of carbonyl (C=O) groups excluding carboxylic acids is 1. The third-order valence-electron chi connectivity index (χ3n) is 5.61. The van der Waals surface area contributed by atoms with Crippen LogP contribution in [0, 0.1) is 5.92 Å². The summed E-state index contributed by atoms with van der Waals surface area (Å²) in [4.78, 5) is 26.0. The second-order valence-electron chi connectivity index (χ2n) is 9.37. The van der Waals surface area contributed by atoms with Gasteiger partial charge in [0.05, 0.1) is 19.3 Å². The molecule has 172 valence electrons. The van der Waals surface area contributed by atoms with E-state index in [9.17, 15) is 4.79 Å². The predicted molar refractivity (Wildman–Crippen MR) is 121 cm³/mol. The van der Waals surface area contributed by atoms with E-state index in [0.29, 0.717) is 18.3 Å². The number of amides is 1. The lowest BCUT2D eigenvalue weighted by Crippen LogP contribution is -2.52. The molecule has 8 heteroatoms. The number of ether oxygens (including phenoxy) is 2. The van der Waals surface area contributed by atoms with E-state index < -0.39 is 5.60 Å². The second-order valence-corrected chi connectivity index (χ2v) is 9.37. The van der Waals surface area contributed by atoms with Crippen LogP contribution in [0.1, 0.15) is 52.1 Å². The van der Waals surface area contributed by atoms with E-state index in [1.165, 1.54) is 12.8 Å². The Bertz CT molecular complexity index is 765. The molecule has 0 atom stereocenters. The van der Waals surface area contributed by atoms with E-state index >= 15 is 0 Å². The van der Waals surface area contributed by atoms with E-state index in [4.69, 9.17) is 9.47 Å². The van der Waals surface area contributed by atoms with Crippen molar-refractivity contribution in [3.8, 4) is 5.88 Å². The highest BCUT2D eigenvalue weighted by Gasteiger charge is 2.35. The fourth-order valence-corrected chi connectivity index (χ4v) is 3.83. The van der Waals surface area contributed by atoms with Crippen LogP contribution in [0.2, 0.25) is 0 Å². The van der Waals surface area contributed by atoms with Crippen LogP contribution < -0.4 is 10.1 Å². The number of aromatic nitrogens is 1. The Labute approximate surface area is 186 Å². The average molecular weight is 432 g/mol. The number of likely N-dealkylation sites (tertiary alicyclic amines) is 1. The molecule has 8 nitrogen and oxygen atoms in total. The molecule has 2 fully saturated rings. The number of piperidine rings is 1. The molecule has 0 unspecified atom stereocenters. The number of methoxy groups -OCH3 is 1. The highest BCUT2D eigenvalue weighted by atomic mass is 16.6. The number of hydrogen-bond donors (Lipinski definition) is 1. The van der Waals surface area contributed by atoms with Crippen molar-refractivity contribution >= 4 is 12.1 Å². The molecule has 31 heavy (non-hydrogen) atoms. The van der Waals surface area contributed by atoms with Crippen LogP contribution in [0.5, 0.6) is 5.88 Å². The lowest BCUT2D eigenvalue weighted by Gasteiger charge is -2.40. The maximum atomic E-state index is 12.8. The predicted octanol–water partition coefficient (Wildman–Crippen LogP) is 3.28. The van der Waals surface area contributed by atoms with Crippen LogP contribution in [0.25, 0.3) is 0 Å². The molecule has 1 saturated carbocycles. The Morgan fingerprint density at radius 3 is 2.55 bits per heavy atom. The Balaban J connectivity index is 1.54. The van der Waals surface area contributed by atoms with Crippen molar-refractivity contribution in [1.82, 2.24) is 20.1 Å². The number of nitrogens with zero attached hydrogens (tertiary/aromatic N) is 4. The molecule has 1 saturated heterocycles. The van der Waals surface area contributed by atoms with Crippen LogP contribution in [0.15, 0.2) is 23.2 Å². The van der Waals surface area contributed by atoms with Gasteiger partial charge in [0.15, 0.2) is 5.96 Å². The molecule has 1 amide bonds. The first-order chi connectivity index (χ1) is 14.8. The molecule has 1 aliphatic carbocycles. The quantitative estimate of drug-likeness (QED) is 0.550. The third kappa shape index (κ3) is 7.01. The van der Waals surface area contributed by atoms with Gasteiger partial charge in [-0.2, -0.15) is 0 Å². The SMILES string of the molecule is CN=C(NCc1cccc(OC)n1)N1CCC(N(CC2CC2)C(=O)OC(C)(C)C)CC1.